The number of hydrogen-bond donors (Lipinski definition) is 3. The zero-order chi connectivity index (χ0) is 15.1. The minimum atomic E-state index is -3.47. The molecule has 0 aromatic rings. The van der Waals surface area contributed by atoms with Gasteiger partial charge in [0.15, 0.2) is 0 Å². The molecule has 0 heterocycles. The average molecular weight is 296 g/mol. The first-order valence-electron chi connectivity index (χ1n) is 6.07. The van der Waals surface area contributed by atoms with E-state index >= 15 is 0 Å². The summed E-state index contributed by atoms with van der Waals surface area (Å²) in [6.07, 6.45) is 1.39. The van der Waals surface area contributed by atoms with Crippen molar-refractivity contribution in [3.8, 4) is 0 Å². The summed E-state index contributed by atoms with van der Waals surface area (Å²) in [7, 11) is -2.02. The van der Waals surface area contributed by atoms with Crippen LogP contribution in [0, 0.1) is 5.92 Å². The zero-order valence-corrected chi connectivity index (χ0v) is 12.7. The lowest BCUT2D eigenvalue weighted by Crippen LogP contribution is -2.51. The number of amides is 1. The van der Waals surface area contributed by atoms with Crippen LogP contribution in [0.5, 0.6) is 0 Å². The first-order chi connectivity index (χ1) is 8.69. The first kappa shape index (κ1) is 18.3. The van der Waals surface area contributed by atoms with Gasteiger partial charge in [-0.25, -0.2) is 13.1 Å². The van der Waals surface area contributed by atoms with Gasteiger partial charge in [0.2, 0.25) is 15.9 Å². The van der Waals surface area contributed by atoms with Crippen molar-refractivity contribution >= 4 is 15.9 Å². The van der Waals surface area contributed by atoms with E-state index in [2.05, 4.69) is 10.0 Å². The van der Waals surface area contributed by atoms with Crippen LogP contribution in [0.15, 0.2) is 0 Å². The van der Waals surface area contributed by atoms with Gasteiger partial charge in [0.05, 0.1) is 25.5 Å². The van der Waals surface area contributed by atoms with Crippen molar-refractivity contribution < 1.29 is 23.1 Å². The van der Waals surface area contributed by atoms with Crippen LogP contribution in [0.1, 0.15) is 20.3 Å². The highest BCUT2D eigenvalue weighted by Crippen LogP contribution is 2.06. The molecule has 1 amide bonds. The predicted molar refractivity (Wildman–Crippen MR) is 72.1 cm³/mol. The molecule has 2 atom stereocenters. The van der Waals surface area contributed by atoms with E-state index in [0.29, 0.717) is 6.42 Å². The molecule has 114 valence electrons. The van der Waals surface area contributed by atoms with Crippen molar-refractivity contribution in [3.05, 3.63) is 0 Å². The molecule has 0 bridgehead atoms. The molecule has 0 saturated heterocycles. The first-order valence-corrected chi connectivity index (χ1v) is 7.96. The topological polar surface area (TPSA) is 105 Å². The Kier molecular flexibility index (Phi) is 8.15. The Morgan fingerprint density at radius 3 is 2.32 bits per heavy atom. The van der Waals surface area contributed by atoms with Crippen LogP contribution in [-0.4, -0.2) is 58.1 Å². The molecule has 0 aromatic carbocycles. The van der Waals surface area contributed by atoms with Crippen LogP contribution in [0.3, 0.4) is 0 Å². The number of nitrogens with one attached hydrogen (secondary N) is 2. The molecule has 0 aliphatic rings. The van der Waals surface area contributed by atoms with Gasteiger partial charge >= 0.3 is 0 Å². The van der Waals surface area contributed by atoms with Gasteiger partial charge in [0, 0.05) is 7.11 Å². The molecule has 0 rings (SSSR count). The summed E-state index contributed by atoms with van der Waals surface area (Å²) in [6, 6.07) is -1.39. The quantitative estimate of drug-likeness (QED) is 0.510. The number of carbonyl (C=O) groups is 1. The van der Waals surface area contributed by atoms with Crippen molar-refractivity contribution in [3.63, 3.8) is 0 Å². The third-order valence-corrected chi connectivity index (χ3v) is 3.03. The normalized spacial score (nSPS) is 15.3. The smallest absolute Gasteiger partial charge is 0.238 e. The van der Waals surface area contributed by atoms with Crippen LogP contribution in [-0.2, 0) is 19.6 Å². The van der Waals surface area contributed by atoms with Crippen molar-refractivity contribution in [2.45, 2.75) is 32.4 Å². The van der Waals surface area contributed by atoms with Gasteiger partial charge in [-0.1, -0.05) is 13.8 Å². The van der Waals surface area contributed by atoms with Crippen LogP contribution in [0.25, 0.3) is 0 Å². The molecule has 7 nitrogen and oxygen atoms in total. The van der Waals surface area contributed by atoms with Crippen LogP contribution >= 0.6 is 0 Å². The van der Waals surface area contributed by atoms with Gasteiger partial charge < -0.3 is 15.2 Å². The minimum absolute atomic E-state index is 0.153. The molecule has 2 unspecified atom stereocenters. The number of ether oxygens (including phenoxy) is 1. The maximum Gasteiger partial charge on any atom is 0.238 e. The van der Waals surface area contributed by atoms with E-state index in [4.69, 9.17) is 9.84 Å². The summed E-state index contributed by atoms with van der Waals surface area (Å²) < 4.78 is 29.6. The van der Waals surface area contributed by atoms with Crippen molar-refractivity contribution in [2.24, 2.45) is 5.92 Å². The van der Waals surface area contributed by atoms with E-state index in [1.807, 2.05) is 13.8 Å². The van der Waals surface area contributed by atoms with Crippen molar-refractivity contribution in [1.82, 2.24) is 10.0 Å². The van der Waals surface area contributed by atoms with E-state index < -0.39 is 28.0 Å². The second-order valence-corrected chi connectivity index (χ2v) is 6.70. The van der Waals surface area contributed by atoms with Crippen LogP contribution in [0.2, 0.25) is 0 Å². The Bertz CT molecular complexity index is 369. The Morgan fingerprint density at radius 2 is 1.95 bits per heavy atom. The molecule has 3 N–H and O–H groups in total. The summed E-state index contributed by atoms with van der Waals surface area (Å²) in [6.45, 7) is 3.67. The monoisotopic (exact) mass is 296 g/mol. The lowest BCUT2D eigenvalue weighted by atomic mass is 10.0. The largest absolute Gasteiger partial charge is 0.394 e. The standard InChI is InChI=1S/C11H24N2O5S/c1-8(2)5-10(13-19(4,16)17)11(15)12-9(6-14)7-18-3/h8-10,13-14H,5-7H2,1-4H3,(H,12,15). The van der Waals surface area contributed by atoms with Gasteiger partial charge in [-0.05, 0) is 12.3 Å². The molecule has 0 aliphatic carbocycles. The summed E-state index contributed by atoms with van der Waals surface area (Å²) in [5.41, 5.74) is 0. The minimum Gasteiger partial charge on any atom is -0.394 e. The summed E-state index contributed by atoms with van der Waals surface area (Å²) >= 11 is 0. The highest BCUT2D eigenvalue weighted by molar-refractivity contribution is 7.88. The molecule has 0 aromatic heterocycles. The summed E-state index contributed by atoms with van der Waals surface area (Å²) in [5, 5.41) is 11.6. The number of carbonyl (C=O) groups excluding carboxylic acids is 1. The van der Waals surface area contributed by atoms with Gasteiger partial charge in [0.1, 0.15) is 6.04 Å². The fourth-order valence-electron chi connectivity index (χ4n) is 1.58. The Hall–Kier alpha value is -0.700. The van der Waals surface area contributed by atoms with Crippen molar-refractivity contribution in [1.29, 1.82) is 0 Å². The number of aliphatic hydroxyl groups excluding tert-OH is 1. The van der Waals surface area contributed by atoms with Gasteiger partial charge in [0.25, 0.3) is 0 Å². The number of methoxy groups -OCH3 is 1. The molecule has 19 heavy (non-hydrogen) atoms. The maximum atomic E-state index is 12.0. The predicted octanol–water partition coefficient (Wildman–Crippen LogP) is -0.926. The van der Waals surface area contributed by atoms with Gasteiger partial charge in [-0.2, -0.15) is 0 Å². The molecule has 0 spiro atoms. The van der Waals surface area contributed by atoms with E-state index in [1.165, 1.54) is 7.11 Å². The number of sulfonamides is 1. The molecule has 0 saturated carbocycles. The highest BCUT2D eigenvalue weighted by atomic mass is 32.2. The van der Waals surface area contributed by atoms with Crippen molar-refractivity contribution in [2.75, 3.05) is 26.6 Å². The van der Waals surface area contributed by atoms with E-state index in [1.54, 1.807) is 0 Å². The average Bonchev–Trinajstić information content (AvgIpc) is 2.24. The Morgan fingerprint density at radius 1 is 1.37 bits per heavy atom. The lowest BCUT2D eigenvalue weighted by molar-refractivity contribution is -0.124. The second-order valence-electron chi connectivity index (χ2n) is 4.92. The Labute approximate surface area is 114 Å². The van der Waals surface area contributed by atoms with E-state index in [0.717, 1.165) is 6.26 Å². The van der Waals surface area contributed by atoms with E-state index in [-0.39, 0.29) is 19.1 Å². The van der Waals surface area contributed by atoms with Gasteiger partial charge in [-0.3, -0.25) is 4.79 Å². The molecule has 8 heteroatoms. The molecule has 0 fully saturated rings. The Balaban J connectivity index is 4.70. The molecule has 0 radical (unpaired) electrons. The highest BCUT2D eigenvalue weighted by Gasteiger charge is 2.24. The van der Waals surface area contributed by atoms with Crippen LogP contribution in [0.4, 0.5) is 0 Å². The second kappa shape index (κ2) is 8.47. The summed E-state index contributed by atoms with van der Waals surface area (Å²) in [5.74, 6) is -0.310. The third kappa shape index (κ3) is 8.93. The lowest BCUT2D eigenvalue weighted by Gasteiger charge is -2.22. The SMILES string of the molecule is COCC(CO)NC(=O)C(CC(C)C)NS(C)(=O)=O. The fraction of sp³-hybridized carbons (Fsp3) is 0.909. The zero-order valence-electron chi connectivity index (χ0n) is 11.8. The maximum absolute atomic E-state index is 12.0. The van der Waals surface area contributed by atoms with E-state index in [9.17, 15) is 13.2 Å². The molecule has 0 aliphatic heterocycles. The van der Waals surface area contributed by atoms with Gasteiger partial charge in [-0.15, -0.1) is 0 Å². The summed E-state index contributed by atoms with van der Waals surface area (Å²) in [4.78, 5) is 12.0. The molecular weight excluding hydrogens is 272 g/mol. The number of rotatable bonds is 9. The number of hydrogen-bond acceptors (Lipinski definition) is 5. The number of aliphatic hydroxyl groups is 1. The fourth-order valence-corrected chi connectivity index (χ4v) is 2.30. The molecular formula is C11H24N2O5S. The third-order valence-electron chi connectivity index (χ3n) is 2.31. The van der Waals surface area contributed by atoms with Crippen LogP contribution < -0.4 is 10.0 Å².